The zero-order valence-electron chi connectivity index (χ0n) is 24.0. The van der Waals surface area contributed by atoms with Crippen molar-refractivity contribution >= 4 is 43.9 Å². The first-order valence-corrected chi connectivity index (χ1v) is 15.8. The van der Waals surface area contributed by atoms with Crippen LogP contribution in [0.3, 0.4) is 0 Å². The number of aliphatic hydroxyl groups excluding tert-OH is 1. The molecule has 2 saturated heterocycles. The van der Waals surface area contributed by atoms with E-state index in [-0.39, 0.29) is 30.2 Å². The van der Waals surface area contributed by atoms with Crippen LogP contribution in [0.1, 0.15) is 46.1 Å². The lowest BCUT2D eigenvalue weighted by Gasteiger charge is -2.48. The van der Waals surface area contributed by atoms with Gasteiger partial charge in [-0.3, -0.25) is 0 Å². The van der Waals surface area contributed by atoms with Crippen molar-refractivity contribution in [1.82, 2.24) is 15.0 Å². The summed E-state index contributed by atoms with van der Waals surface area (Å²) in [6.07, 6.45) is 2.37. The number of benzene rings is 1. The van der Waals surface area contributed by atoms with E-state index in [4.69, 9.17) is 4.98 Å². The van der Waals surface area contributed by atoms with E-state index in [1.165, 1.54) is 11.8 Å². The Balaban J connectivity index is 1.42. The highest BCUT2D eigenvalue weighted by molar-refractivity contribution is 7.90. The van der Waals surface area contributed by atoms with Crippen LogP contribution in [0.2, 0.25) is 0 Å². The number of alkyl halides is 1. The molecule has 2 aliphatic rings. The van der Waals surface area contributed by atoms with Crippen LogP contribution in [0.25, 0.3) is 10.8 Å². The molecule has 4 heterocycles. The largest absolute Gasteiger partial charge is 0.389 e. The Labute approximate surface area is 235 Å². The van der Waals surface area contributed by atoms with E-state index in [0.717, 1.165) is 16.5 Å². The number of rotatable bonds is 7. The molecule has 0 radical (unpaired) electrons. The number of anilines is 4. The number of halogens is 1. The van der Waals surface area contributed by atoms with E-state index in [2.05, 4.69) is 53.1 Å². The molecule has 40 heavy (non-hydrogen) atoms. The number of aromatic nitrogens is 3. The van der Waals surface area contributed by atoms with Gasteiger partial charge in [-0.2, -0.15) is 4.98 Å². The van der Waals surface area contributed by atoms with Crippen LogP contribution in [-0.2, 0) is 9.84 Å². The van der Waals surface area contributed by atoms with Crippen LogP contribution >= 0.6 is 0 Å². The third-order valence-corrected chi connectivity index (χ3v) is 9.32. The molecule has 5 rings (SSSR count). The highest BCUT2D eigenvalue weighted by atomic mass is 32.2. The summed E-state index contributed by atoms with van der Waals surface area (Å²) >= 11 is 0. The van der Waals surface area contributed by atoms with E-state index in [9.17, 15) is 17.9 Å². The fraction of sp³-hybridized carbons (Fsp3) is 0.552. The van der Waals surface area contributed by atoms with E-state index >= 15 is 0 Å². The van der Waals surface area contributed by atoms with Gasteiger partial charge in [0.2, 0.25) is 5.95 Å². The van der Waals surface area contributed by atoms with E-state index in [1.807, 2.05) is 26.1 Å². The minimum Gasteiger partial charge on any atom is -0.389 e. The van der Waals surface area contributed by atoms with Crippen molar-refractivity contribution in [3.05, 3.63) is 42.2 Å². The van der Waals surface area contributed by atoms with Crippen molar-refractivity contribution in [1.29, 1.82) is 0 Å². The molecule has 0 bridgehead atoms. The molecule has 216 valence electrons. The molecule has 2 fully saturated rings. The highest BCUT2D eigenvalue weighted by Crippen LogP contribution is 2.40. The predicted molar refractivity (Wildman–Crippen MR) is 158 cm³/mol. The molecule has 0 unspecified atom stereocenters. The summed E-state index contributed by atoms with van der Waals surface area (Å²) in [5, 5.41) is 15.6. The lowest BCUT2D eigenvalue weighted by atomic mass is 9.80. The van der Waals surface area contributed by atoms with Gasteiger partial charge in [0.15, 0.2) is 0 Å². The number of aliphatic hydroxyl groups is 1. The second-order valence-electron chi connectivity index (χ2n) is 12.4. The lowest BCUT2D eigenvalue weighted by molar-refractivity contribution is -0.0257. The van der Waals surface area contributed by atoms with Crippen molar-refractivity contribution in [3.63, 3.8) is 0 Å². The molecule has 4 atom stereocenters. The average Bonchev–Trinajstić information content (AvgIpc) is 2.88. The maximum absolute atomic E-state index is 14.5. The Bertz CT molecular complexity index is 1510. The number of hydrogen-bond donors (Lipinski definition) is 2. The van der Waals surface area contributed by atoms with Gasteiger partial charge in [-0.05, 0) is 42.0 Å². The molecule has 0 aliphatic carbocycles. The summed E-state index contributed by atoms with van der Waals surface area (Å²) in [5.74, 6) is 2.15. The maximum atomic E-state index is 14.5. The monoisotopic (exact) mass is 570 g/mol. The van der Waals surface area contributed by atoms with Gasteiger partial charge in [0.1, 0.15) is 27.6 Å². The average molecular weight is 571 g/mol. The highest BCUT2D eigenvalue weighted by Gasteiger charge is 2.42. The smallest absolute Gasteiger partial charge is 0.227 e. The molecule has 9 nitrogen and oxygen atoms in total. The summed E-state index contributed by atoms with van der Waals surface area (Å²) in [5.41, 5.74) is 1.61. The maximum Gasteiger partial charge on any atom is 0.227 e. The third-order valence-electron chi connectivity index (χ3n) is 8.28. The lowest BCUT2D eigenvalue weighted by Crippen LogP contribution is -2.57. The summed E-state index contributed by atoms with van der Waals surface area (Å²) in [7, 11) is -3.03. The Morgan fingerprint density at radius 3 is 2.55 bits per heavy atom. The van der Waals surface area contributed by atoms with E-state index in [1.54, 1.807) is 17.2 Å². The molecule has 0 amide bonds. The molecular formula is C29H39FN6O3S. The molecule has 3 aromatic rings. The fourth-order valence-electron chi connectivity index (χ4n) is 5.96. The third kappa shape index (κ3) is 5.58. The first-order valence-electron chi connectivity index (χ1n) is 13.8. The van der Waals surface area contributed by atoms with E-state index < -0.39 is 27.5 Å². The van der Waals surface area contributed by atoms with Crippen LogP contribution in [0.15, 0.2) is 36.7 Å². The second-order valence-corrected chi connectivity index (χ2v) is 14.6. The van der Waals surface area contributed by atoms with Crippen molar-refractivity contribution in [2.75, 3.05) is 46.8 Å². The van der Waals surface area contributed by atoms with Gasteiger partial charge in [-0.1, -0.05) is 33.8 Å². The van der Waals surface area contributed by atoms with Gasteiger partial charge in [0.05, 0.1) is 18.4 Å². The first-order chi connectivity index (χ1) is 18.7. The number of fused-ring (bicyclic) bond motifs is 1. The van der Waals surface area contributed by atoms with Gasteiger partial charge >= 0.3 is 0 Å². The van der Waals surface area contributed by atoms with Crippen molar-refractivity contribution in [2.45, 2.75) is 58.9 Å². The van der Waals surface area contributed by atoms with Crippen molar-refractivity contribution in [2.24, 2.45) is 11.3 Å². The quantitative estimate of drug-likeness (QED) is 0.429. The van der Waals surface area contributed by atoms with Gasteiger partial charge in [-0.25, -0.2) is 22.8 Å². The number of hydrogen-bond acceptors (Lipinski definition) is 9. The van der Waals surface area contributed by atoms with Gasteiger partial charge in [0, 0.05) is 60.2 Å². The predicted octanol–water partition coefficient (Wildman–Crippen LogP) is 4.31. The minimum atomic E-state index is -3.03. The molecule has 2 aromatic heterocycles. The SMILES string of the molecule is CC(C)c1ccc(N2C[C@@H](CS(C)(=O)=O)[C@@H]2C)c2cnc(Nc3ccnc(N4C[C@@H](F)[C@@H](O)C(C)(C)C4)n3)cc12. The molecule has 11 heteroatoms. The van der Waals surface area contributed by atoms with E-state index in [0.29, 0.717) is 30.7 Å². The summed E-state index contributed by atoms with van der Waals surface area (Å²) in [4.78, 5) is 17.7. The Hall–Kier alpha value is -3.05. The topological polar surface area (TPSA) is 112 Å². The standard InChI is InChI=1S/C29H39FN6O3S/c1-17(2)20-7-8-24(36-13-19(18(36)3)15-40(6,38)39)22-12-32-26(11-21(20)22)33-25-9-10-31-28(34-25)35-14-23(30)27(37)29(4,5)16-35/h7-12,17-19,23,27,37H,13-16H2,1-6H3,(H,31,32,33,34)/t18-,19-,23+,27+/m0/s1. The fourth-order valence-corrected chi connectivity index (χ4v) is 7.12. The molecule has 0 saturated carbocycles. The Kier molecular flexibility index (Phi) is 7.41. The zero-order valence-corrected chi connectivity index (χ0v) is 24.8. The van der Waals surface area contributed by atoms with Crippen LogP contribution in [0.4, 0.5) is 27.7 Å². The summed E-state index contributed by atoms with van der Waals surface area (Å²) in [6.45, 7) is 11.2. The first kappa shape index (κ1) is 28.5. The van der Waals surface area contributed by atoms with Gasteiger partial charge < -0.3 is 20.2 Å². The van der Waals surface area contributed by atoms with Gasteiger partial charge in [0.25, 0.3) is 0 Å². The number of pyridine rings is 1. The summed E-state index contributed by atoms with van der Waals surface area (Å²) < 4.78 is 38.2. The zero-order chi connectivity index (χ0) is 29.0. The molecule has 2 N–H and O–H groups in total. The van der Waals surface area contributed by atoms with Crippen molar-refractivity contribution in [3.8, 4) is 0 Å². The molecular weight excluding hydrogens is 531 g/mol. The van der Waals surface area contributed by atoms with Gasteiger partial charge in [-0.15, -0.1) is 0 Å². The van der Waals surface area contributed by atoms with Crippen LogP contribution in [0, 0.1) is 11.3 Å². The summed E-state index contributed by atoms with van der Waals surface area (Å²) in [6, 6.07) is 8.14. The molecule has 0 spiro atoms. The number of piperidine rings is 1. The normalized spacial score (nSPS) is 24.8. The Morgan fingerprint density at radius 2 is 1.90 bits per heavy atom. The minimum absolute atomic E-state index is 0.0305. The van der Waals surface area contributed by atoms with Crippen LogP contribution in [-0.4, -0.2) is 78.4 Å². The number of sulfone groups is 1. The van der Waals surface area contributed by atoms with Crippen LogP contribution < -0.4 is 15.1 Å². The molecule has 1 aromatic carbocycles. The number of nitrogens with one attached hydrogen (secondary N) is 1. The molecule has 2 aliphatic heterocycles. The number of nitrogens with zero attached hydrogens (tertiary/aromatic N) is 5. The van der Waals surface area contributed by atoms with Crippen molar-refractivity contribution < 1.29 is 17.9 Å². The Morgan fingerprint density at radius 1 is 1.15 bits per heavy atom. The second kappa shape index (κ2) is 10.4. The van der Waals surface area contributed by atoms with Crippen LogP contribution in [0.5, 0.6) is 0 Å².